The van der Waals surface area contributed by atoms with Gasteiger partial charge in [0.05, 0.1) is 6.04 Å². The third-order valence-corrected chi connectivity index (χ3v) is 2.89. The summed E-state index contributed by atoms with van der Waals surface area (Å²) in [6, 6.07) is 5.45. The molecule has 0 spiro atoms. The van der Waals surface area contributed by atoms with Gasteiger partial charge in [0.15, 0.2) is 0 Å². The van der Waals surface area contributed by atoms with Gasteiger partial charge in [0.1, 0.15) is 0 Å². The van der Waals surface area contributed by atoms with Crippen LogP contribution in [-0.2, 0) is 11.2 Å². The summed E-state index contributed by atoms with van der Waals surface area (Å²) in [6.07, 6.45) is 1.82. The molecule has 0 bridgehead atoms. The van der Waals surface area contributed by atoms with Crippen molar-refractivity contribution in [2.75, 3.05) is 0 Å². The number of nitrogens with two attached hydrogens (primary N) is 1. The van der Waals surface area contributed by atoms with E-state index in [0.717, 1.165) is 18.4 Å². The van der Waals surface area contributed by atoms with Crippen molar-refractivity contribution >= 4 is 11.8 Å². The van der Waals surface area contributed by atoms with Gasteiger partial charge in [-0.3, -0.25) is 9.59 Å². The molecule has 0 aliphatic heterocycles. The number of aryl methyl sites for hydroxylation is 1. The van der Waals surface area contributed by atoms with Gasteiger partial charge in [-0.25, -0.2) is 0 Å². The lowest BCUT2D eigenvalue weighted by Gasteiger charge is -2.12. The van der Waals surface area contributed by atoms with Gasteiger partial charge >= 0.3 is 0 Å². The van der Waals surface area contributed by atoms with Crippen molar-refractivity contribution in [3.8, 4) is 0 Å². The monoisotopic (exact) mass is 218 g/mol. The third-order valence-electron chi connectivity index (χ3n) is 2.89. The average molecular weight is 218 g/mol. The normalized spacial score (nSPS) is 17.9. The first-order valence-corrected chi connectivity index (χ1v) is 5.27. The summed E-state index contributed by atoms with van der Waals surface area (Å²) in [5.41, 5.74) is 7.93. The van der Waals surface area contributed by atoms with Crippen LogP contribution in [0.5, 0.6) is 0 Å². The Labute approximate surface area is 93.8 Å². The van der Waals surface area contributed by atoms with Crippen LogP contribution in [0.25, 0.3) is 0 Å². The number of fused-ring (bicyclic) bond motifs is 1. The van der Waals surface area contributed by atoms with Gasteiger partial charge in [-0.15, -0.1) is 0 Å². The highest BCUT2D eigenvalue weighted by Gasteiger charge is 2.23. The molecule has 84 valence electrons. The number of primary amides is 1. The van der Waals surface area contributed by atoms with Crippen molar-refractivity contribution in [2.45, 2.75) is 25.8 Å². The first kappa shape index (κ1) is 10.7. The van der Waals surface area contributed by atoms with E-state index in [-0.39, 0.29) is 11.9 Å². The lowest BCUT2D eigenvalue weighted by Crippen LogP contribution is -2.24. The highest BCUT2D eigenvalue weighted by molar-refractivity contribution is 5.93. The number of hydrogen-bond donors (Lipinski definition) is 2. The Hall–Kier alpha value is -1.84. The Morgan fingerprint density at radius 3 is 2.81 bits per heavy atom. The molecular weight excluding hydrogens is 204 g/mol. The van der Waals surface area contributed by atoms with Gasteiger partial charge in [-0.2, -0.15) is 0 Å². The van der Waals surface area contributed by atoms with E-state index < -0.39 is 5.91 Å². The molecule has 1 aromatic carbocycles. The van der Waals surface area contributed by atoms with Crippen LogP contribution in [0.1, 0.15) is 40.9 Å². The highest BCUT2D eigenvalue weighted by atomic mass is 16.1. The maximum atomic E-state index is 11.1. The van der Waals surface area contributed by atoms with Crippen molar-refractivity contribution in [3.05, 3.63) is 34.9 Å². The predicted octanol–water partition coefficient (Wildman–Crippen LogP) is 0.909. The number of carbonyl (C=O) groups is 2. The lowest BCUT2D eigenvalue weighted by molar-refractivity contribution is -0.119. The van der Waals surface area contributed by atoms with E-state index in [0.29, 0.717) is 5.56 Å². The summed E-state index contributed by atoms with van der Waals surface area (Å²) in [5.74, 6) is -0.487. The number of benzene rings is 1. The van der Waals surface area contributed by atoms with E-state index in [9.17, 15) is 9.59 Å². The summed E-state index contributed by atoms with van der Waals surface area (Å²) in [4.78, 5) is 22.1. The second-order valence-corrected chi connectivity index (χ2v) is 4.07. The third kappa shape index (κ3) is 1.91. The van der Waals surface area contributed by atoms with Gasteiger partial charge in [0.25, 0.3) is 0 Å². The smallest absolute Gasteiger partial charge is 0.248 e. The quantitative estimate of drug-likeness (QED) is 0.774. The van der Waals surface area contributed by atoms with Crippen molar-refractivity contribution in [3.63, 3.8) is 0 Å². The molecule has 0 heterocycles. The van der Waals surface area contributed by atoms with E-state index in [2.05, 4.69) is 5.32 Å². The molecule has 4 nitrogen and oxygen atoms in total. The van der Waals surface area contributed by atoms with Crippen LogP contribution >= 0.6 is 0 Å². The molecule has 1 aliphatic carbocycles. The lowest BCUT2D eigenvalue weighted by atomic mass is 10.0. The SMILES string of the molecule is CC(=O)NC1CCc2ccc(C(N)=O)cc21. The maximum absolute atomic E-state index is 11.1. The predicted molar refractivity (Wildman–Crippen MR) is 59.8 cm³/mol. The molecule has 0 saturated carbocycles. The fraction of sp³-hybridized carbons (Fsp3) is 0.333. The molecule has 16 heavy (non-hydrogen) atoms. The van der Waals surface area contributed by atoms with E-state index in [1.165, 1.54) is 12.5 Å². The average Bonchev–Trinajstić information content (AvgIpc) is 2.60. The van der Waals surface area contributed by atoms with Gasteiger partial charge in [0.2, 0.25) is 11.8 Å². The molecule has 1 unspecified atom stereocenters. The van der Waals surface area contributed by atoms with Crippen LogP contribution < -0.4 is 11.1 Å². The summed E-state index contributed by atoms with van der Waals surface area (Å²) in [7, 11) is 0. The van der Waals surface area contributed by atoms with Crippen molar-refractivity contribution in [1.29, 1.82) is 0 Å². The minimum atomic E-state index is -0.434. The molecule has 0 aromatic heterocycles. The Bertz CT molecular complexity index is 454. The Morgan fingerprint density at radius 2 is 2.19 bits per heavy atom. The van der Waals surface area contributed by atoms with Gasteiger partial charge in [-0.1, -0.05) is 6.07 Å². The van der Waals surface area contributed by atoms with Crippen LogP contribution in [-0.4, -0.2) is 11.8 Å². The molecule has 0 saturated heterocycles. The first-order valence-electron chi connectivity index (χ1n) is 5.27. The number of hydrogen-bond acceptors (Lipinski definition) is 2. The molecule has 1 atom stereocenters. The zero-order chi connectivity index (χ0) is 11.7. The number of carbonyl (C=O) groups excluding carboxylic acids is 2. The van der Waals surface area contributed by atoms with Crippen LogP contribution in [0, 0.1) is 0 Å². The van der Waals surface area contributed by atoms with E-state index in [4.69, 9.17) is 5.73 Å². The molecule has 2 amide bonds. The molecule has 3 N–H and O–H groups in total. The Morgan fingerprint density at radius 1 is 1.44 bits per heavy atom. The molecule has 1 aromatic rings. The number of rotatable bonds is 2. The van der Waals surface area contributed by atoms with Crippen molar-refractivity contribution in [1.82, 2.24) is 5.32 Å². The standard InChI is InChI=1S/C12H14N2O2/c1-7(15)14-11-5-4-8-2-3-9(12(13)16)6-10(8)11/h2-3,6,11H,4-5H2,1H3,(H2,13,16)(H,14,15). The summed E-state index contributed by atoms with van der Waals surface area (Å²) < 4.78 is 0. The second-order valence-electron chi connectivity index (χ2n) is 4.07. The fourth-order valence-electron chi connectivity index (χ4n) is 2.15. The maximum Gasteiger partial charge on any atom is 0.248 e. The highest BCUT2D eigenvalue weighted by Crippen LogP contribution is 2.31. The molecule has 2 rings (SSSR count). The molecule has 1 aliphatic rings. The van der Waals surface area contributed by atoms with Crippen LogP contribution in [0.2, 0.25) is 0 Å². The second kappa shape index (κ2) is 3.96. The van der Waals surface area contributed by atoms with Crippen molar-refractivity contribution < 1.29 is 9.59 Å². The molecular formula is C12H14N2O2. The van der Waals surface area contributed by atoms with Gasteiger partial charge < -0.3 is 11.1 Å². The van der Waals surface area contributed by atoms with E-state index in [1.807, 2.05) is 6.07 Å². The Balaban J connectivity index is 2.33. The molecule has 4 heteroatoms. The summed E-state index contributed by atoms with van der Waals surface area (Å²) in [5, 5.41) is 2.87. The van der Waals surface area contributed by atoms with E-state index >= 15 is 0 Å². The number of amides is 2. The van der Waals surface area contributed by atoms with Gasteiger partial charge in [0, 0.05) is 12.5 Å². The van der Waals surface area contributed by atoms with E-state index in [1.54, 1.807) is 12.1 Å². The van der Waals surface area contributed by atoms with Crippen LogP contribution in [0.15, 0.2) is 18.2 Å². The molecule has 0 fully saturated rings. The zero-order valence-corrected chi connectivity index (χ0v) is 9.12. The Kier molecular flexibility index (Phi) is 2.64. The fourth-order valence-corrected chi connectivity index (χ4v) is 2.15. The first-order chi connectivity index (χ1) is 7.58. The number of nitrogens with one attached hydrogen (secondary N) is 1. The topological polar surface area (TPSA) is 72.2 Å². The zero-order valence-electron chi connectivity index (χ0n) is 9.12. The molecule has 0 radical (unpaired) electrons. The van der Waals surface area contributed by atoms with Gasteiger partial charge in [-0.05, 0) is 36.1 Å². The van der Waals surface area contributed by atoms with Crippen molar-refractivity contribution in [2.24, 2.45) is 5.73 Å². The van der Waals surface area contributed by atoms with Crippen LogP contribution in [0.4, 0.5) is 0 Å². The largest absolute Gasteiger partial charge is 0.366 e. The summed E-state index contributed by atoms with van der Waals surface area (Å²) in [6.45, 7) is 1.50. The summed E-state index contributed by atoms with van der Waals surface area (Å²) >= 11 is 0. The minimum absolute atomic E-state index is 0.0202. The minimum Gasteiger partial charge on any atom is -0.366 e. The van der Waals surface area contributed by atoms with Crippen LogP contribution in [0.3, 0.4) is 0 Å².